The molecule has 0 heterocycles. The molecule has 0 fully saturated rings. The lowest BCUT2D eigenvalue weighted by Crippen LogP contribution is -2.43. The van der Waals surface area contributed by atoms with Gasteiger partial charge in [-0.3, -0.25) is 4.79 Å². The second-order valence-electron chi connectivity index (χ2n) is 7.09. The van der Waals surface area contributed by atoms with E-state index < -0.39 is 28.0 Å². The fraction of sp³-hybridized carbons (Fsp3) is 0.261. The van der Waals surface area contributed by atoms with E-state index in [0.29, 0.717) is 6.54 Å². The zero-order chi connectivity index (χ0) is 23.0. The van der Waals surface area contributed by atoms with Crippen LogP contribution in [0.5, 0.6) is 0 Å². The molecule has 0 saturated heterocycles. The van der Waals surface area contributed by atoms with Gasteiger partial charge in [0.25, 0.3) is 0 Å². The third kappa shape index (κ3) is 6.61. The van der Waals surface area contributed by atoms with Crippen LogP contribution in [0.1, 0.15) is 17.2 Å². The number of aryl methyl sites for hydroxylation is 1. The van der Waals surface area contributed by atoms with E-state index in [1.165, 1.54) is 18.2 Å². The lowest BCUT2D eigenvalue weighted by atomic mass is 9.92. The van der Waals surface area contributed by atoms with Gasteiger partial charge >= 0.3 is 5.97 Å². The number of hydrogen-bond donors (Lipinski definition) is 2. The van der Waals surface area contributed by atoms with Crippen molar-refractivity contribution in [1.29, 1.82) is 0 Å². The van der Waals surface area contributed by atoms with Crippen molar-refractivity contribution in [2.75, 3.05) is 19.6 Å². The van der Waals surface area contributed by atoms with Gasteiger partial charge in [-0.1, -0.05) is 57.9 Å². The summed E-state index contributed by atoms with van der Waals surface area (Å²) in [5.41, 5.74) is 1.67. The SMILES string of the molecule is C=CCNC(c1ccc(Br)cc1)C(CN(CC=C)S(=O)(=O)c1ccc(C)cc1)C(=O)O. The zero-order valence-electron chi connectivity index (χ0n) is 17.4. The van der Waals surface area contributed by atoms with Gasteiger partial charge in [0, 0.05) is 30.1 Å². The molecule has 0 aliphatic heterocycles. The van der Waals surface area contributed by atoms with E-state index in [9.17, 15) is 18.3 Å². The summed E-state index contributed by atoms with van der Waals surface area (Å²) >= 11 is 3.38. The molecule has 2 N–H and O–H groups in total. The van der Waals surface area contributed by atoms with Crippen LogP contribution in [0, 0.1) is 12.8 Å². The Morgan fingerprint density at radius 1 is 1.13 bits per heavy atom. The van der Waals surface area contributed by atoms with Crippen LogP contribution in [0.3, 0.4) is 0 Å². The number of carboxylic acids is 1. The van der Waals surface area contributed by atoms with Crippen molar-refractivity contribution in [3.63, 3.8) is 0 Å². The minimum Gasteiger partial charge on any atom is -0.481 e. The number of nitrogens with one attached hydrogen (secondary N) is 1. The first-order chi connectivity index (χ1) is 14.7. The van der Waals surface area contributed by atoms with Crippen molar-refractivity contribution >= 4 is 31.9 Å². The van der Waals surface area contributed by atoms with Crippen LogP contribution in [0.15, 0.2) is 83.2 Å². The van der Waals surface area contributed by atoms with E-state index in [1.807, 2.05) is 31.2 Å². The van der Waals surface area contributed by atoms with Gasteiger partial charge in [0.1, 0.15) is 0 Å². The lowest BCUT2D eigenvalue weighted by molar-refractivity contribution is -0.143. The number of benzene rings is 2. The Labute approximate surface area is 192 Å². The van der Waals surface area contributed by atoms with Crippen LogP contribution in [0.4, 0.5) is 0 Å². The summed E-state index contributed by atoms with van der Waals surface area (Å²) in [6.07, 6.45) is 3.09. The Hall–Kier alpha value is -2.26. The fourth-order valence-electron chi connectivity index (χ4n) is 3.19. The summed E-state index contributed by atoms with van der Waals surface area (Å²) in [7, 11) is -3.91. The molecular formula is C23H27BrN2O4S. The van der Waals surface area contributed by atoms with Gasteiger partial charge < -0.3 is 10.4 Å². The van der Waals surface area contributed by atoms with Gasteiger partial charge in [-0.15, -0.1) is 13.2 Å². The third-order valence-electron chi connectivity index (χ3n) is 4.82. The van der Waals surface area contributed by atoms with E-state index in [0.717, 1.165) is 19.9 Å². The molecule has 2 aromatic carbocycles. The molecule has 0 aliphatic carbocycles. The minimum atomic E-state index is -3.91. The number of nitrogens with zero attached hydrogens (tertiary/aromatic N) is 1. The number of hydrogen-bond acceptors (Lipinski definition) is 4. The first-order valence-electron chi connectivity index (χ1n) is 9.71. The largest absolute Gasteiger partial charge is 0.481 e. The van der Waals surface area contributed by atoms with Crippen molar-refractivity contribution in [3.05, 3.63) is 89.4 Å². The van der Waals surface area contributed by atoms with Crippen LogP contribution >= 0.6 is 15.9 Å². The molecule has 31 heavy (non-hydrogen) atoms. The highest BCUT2D eigenvalue weighted by atomic mass is 79.9. The predicted octanol–water partition coefficient (Wildman–Crippen LogP) is 4.15. The Morgan fingerprint density at radius 2 is 1.74 bits per heavy atom. The molecule has 0 amide bonds. The number of sulfonamides is 1. The maximum Gasteiger partial charge on any atom is 0.309 e. The molecule has 0 spiro atoms. The standard InChI is InChI=1S/C23H27BrN2O4S/c1-4-14-25-22(18-8-10-19(24)11-9-18)21(23(27)28)16-26(15-5-2)31(29,30)20-12-6-17(3)7-13-20/h4-13,21-22,25H,1-2,14-16H2,3H3,(H,27,28). The lowest BCUT2D eigenvalue weighted by Gasteiger charge is -2.30. The molecule has 2 unspecified atom stereocenters. The first kappa shape index (κ1) is 25.0. The van der Waals surface area contributed by atoms with Gasteiger partial charge in [0.05, 0.1) is 10.8 Å². The highest BCUT2D eigenvalue weighted by Gasteiger charge is 2.35. The molecule has 0 bridgehead atoms. The molecule has 0 aromatic heterocycles. The average Bonchev–Trinajstić information content (AvgIpc) is 2.73. The van der Waals surface area contributed by atoms with Crippen LogP contribution in [0.25, 0.3) is 0 Å². The number of rotatable bonds is 12. The van der Waals surface area contributed by atoms with Crippen LogP contribution in [0.2, 0.25) is 0 Å². The molecule has 166 valence electrons. The molecule has 0 saturated carbocycles. The molecular weight excluding hydrogens is 480 g/mol. The van der Waals surface area contributed by atoms with Gasteiger partial charge in [-0.25, -0.2) is 8.42 Å². The maximum atomic E-state index is 13.3. The zero-order valence-corrected chi connectivity index (χ0v) is 19.8. The van der Waals surface area contributed by atoms with E-state index in [-0.39, 0.29) is 18.0 Å². The molecule has 2 rings (SSSR count). The van der Waals surface area contributed by atoms with Gasteiger partial charge in [-0.05, 0) is 36.8 Å². The molecule has 8 heteroatoms. The number of aliphatic carboxylic acids is 1. The van der Waals surface area contributed by atoms with Crippen molar-refractivity contribution < 1.29 is 18.3 Å². The van der Waals surface area contributed by atoms with Crippen molar-refractivity contribution in [1.82, 2.24) is 9.62 Å². The molecule has 6 nitrogen and oxygen atoms in total. The second kappa shape index (κ2) is 11.4. The molecule has 2 aromatic rings. The normalized spacial score (nSPS) is 13.5. The van der Waals surface area contributed by atoms with Crippen molar-refractivity contribution in [2.24, 2.45) is 5.92 Å². The average molecular weight is 507 g/mol. The van der Waals surface area contributed by atoms with Gasteiger partial charge in [0.15, 0.2) is 0 Å². The Bertz CT molecular complexity index is 1000. The summed E-state index contributed by atoms with van der Waals surface area (Å²) in [6.45, 7) is 9.35. The van der Waals surface area contributed by atoms with Crippen LogP contribution in [-0.4, -0.2) is 43.4 Å². The smallest absolute Gasteiger partial charge is 0.309 e. The summed E-state index contributed by atoms with van der Waals surface area (Å²) < 4.78 is 28.5. The molecule has 2 atom stereocenters. The predicted molar refractivity (Wildman–Crippen MR) is 126 cm³/mol. The Morgan fingerprint density at radius 3 is 2.26 bits per heavy atom. The van der Waals surface area contributed by atoms with Crippen LogP contribution in [-0.2, 0) is 14.8 Å². The van der Waals surface area contributed by atoms with Crippen LogP contribution < -0.4 is 5.32 Å². The first-order valence-corrected chi connectivity index (χ1v) is 11.9. The topological polar surface area (TPSA) is 86.7 Å². The number of halogens is 1. The van der Waals surface area contributed by atoms with Gasteiger partial charge in [-0.2, -0.15) is 4.31 Å². The third-order valence-corrected chi connectivity index (χ3v) is 7.20. The highest BCUT2D eigenvalue weighted by molar-refractivity contribution is 9.10. The Kier molecular flexibility index (Phi) is 9.18. The molecule has 0 radical (unpaired) electrons. The van der Waals surface area contributed by atoms with E-state index in [1.54, 1.807) is 18.2 Å². The van der Waals surface area contributed by atoms with E-state index >= 15 is 0 Å². The quantitative estimate of drug-likeness (QED) is 0.422. The van der Waals surface area contributed by atoms with E-state index in [4.69, 9.17) is 0 Å². The summed E-state index contributed by atoms with van der Waals surface area (Å²) in [6, 6.07) is 13.1. The van der Waals surface area contributed by atoms with Crippen molar-refractivity contribution in [3.8, 4) is 0 Å². The minimum absolute atomic E-state index is 0.00545. The van der Waals surface area contributed by atoms with E-state index in [2.05, 4.69) is 34.4 Å². The fourth-order valence-corrected chi connectivity index (χ4v) is 4.89. The Balaban J connectivity index is 2.44. The second-order valence-corrected chi connectivity index (χ2v) is 9.95. The van der Waals surface area contributed by atoms with Crippen molar-refractivity contribution in [2.45, 2.75) is 17.9 Å². The number of carbonyl (C=O) groups is 1. The highest BCUT2D eigenvalue weighted by Crippen LogP contribution is 2.27. The maximum absolute atomic E-state index is 13.3. The van der Waals surface area contributed by atoms with Gasteiger partial charge in [0.2, 0.25) is 10.0 Å². The molecule has 0 aliphatic rings. The summed E-state index contributed by atoms with van der Waals surface area (Å²) in [4.78, 5) is 12.4. The summed E-state index contributed by atoms with van der Waals surface area (Å²) in [5.74, 6) is -2.14. The summed E-state index contributed by atoms with van der Waals surface area (Å²) in [5, 5.41) is 13.2. The number of carboxylic acid groups (broad SMARTS) is 1. The monoisotopic (exact) mass is 506 g/mol.